The van der Waals surface area contributed by atoms with Crippen LogP contribution in [0.5, 0.6) is 0 Å². The molecule has 0 spiro atoms. The molecule has 1 aromatic carbocycles. The van der Waals surface area contributed by atoms with Gasteiger partial charge in [0.05, 0.1) is 6.54 Å². The first-order chi connectivity index (χ1) is 10.3. The van der Waals surface area contributed by atoms with Crippen molar-refractivity contribution in [2.45, 2.75) is 6.54 Å². The Bertz CT molecular complexity index is 908. The van der Waals surface area contributed by atoms with Crippen LogP contribution in [0.1, 0.15) is 5.56 Å². The predicted molar refractivity (Wildman–Crippen MR) is 80.0 cm³/mol. The highest BCUT2D eigenvalue weighted by Gasteiger charge is 2.08. The molecular formula is C16H12N2O3. The predicted octanol–water partition coefficient (Wildman–Crippen LogP) is 2.06. The van der Waals surface area contributed by atoms with E-state index in [0.717, 1.165) is 10.1 Å². The minimum Gasteiger partial charge on any atom is -0.407 e. The molecule has 0 aliphatic carbocycles. The van der Waals surface area contributed by atoms with Crippen LogP contribution in [0.2, 0.25) is 0 Å². The molecular weight excluding hydrogens is 268 g/mol. The number of benzene rings is 1. The molecule has 0 saturated heterocycles. The number of pyridine rings is 1. The van der Waals surface area contributed by atoms with Crippen LogP contribution in [0.3, 0.4) is 0 Å². The topological polar surface area (TPSA) is 65.1 Å². The van der Waals surface area contributed by atoms with Crippen molar-refractivity contribution in [2.24, 2.45) is 0 Å². The highest BCUT2D eigenvalue weighted by atomic mass is 16.4. The van der Waals surface area contributed by atoms with Gasteiger partial charge in [-0.25, -0.2) is 14.3 Å². The van der Waals surface area contributed by atoms with E-state index in [9.17, 15) is 9.59 Å². The van der Waals surface area contributed by atoms with Gasteiger partial charge in [0.25, 0.3) is 5.56 Å². The molecule has 0 saturated carbocycles. The van der Waals surface area contributed by atoms with E-state index in [4.69, 9.17) is 4.42 Å². The van der Waals surface area contributed by atoms with Crippen LogP contribution in [-0.4, -0.2) is 9.55 Å². The van der Waals surface area contributed by atoms with Crippen molar-refractivity contribution in [1.29, 1.82) is 0 Å². The maximum atomic E-state index is 12.2. The van der Waals surface area contributed by atoms with Gasteiger partial charge in [0.2, 0.25) is 0 Å². The lowest BCUT2D eigenvalue weighted by Gasteiger charge is -2.01. The normalized spacial score (nSPS) is 11.2. The molecule has 21 heavy (non-hydrogen) atoms. The number of fused-ring (bicyclic) bond motifs is 1. The minimum absolute atomic E-state index is 0.141. The zero-order valence-corrected chi connectivity index (χ0v) is 11.1. The molecule has 0 aliphatic rings. The molecule has 0 bridgehead atoms. The summed E-state index contributed by atoms with van der Waals surface area (Å²) in [5.74, 6) is -0.682. The summed E-state index contributed by atoms with van der Waals surface area (Å²) < 4.78 is 6.11. The maximum absolute atomic E-state index is 12.2. The van der Waals surface area contributed by atoms with Crippen LogP contribution < -0.4 is 11.3 Å². The Hall–Kier alpha value is -2.95. The Balaban J connectivity index is 1.96. The molecule has 0 N–H and O–H groups in total. The standard InChI is InChI=1S/C16H12N2O3/c19-15-14-13(9-4-10-17-14)21-16(20)18(15)11-5-8-12-6-2-1-3-7-12/h1-10H,11H2/b8-5+. The number of hydrogen-bond acceptors (Lipinski definition) is 4. The second kappa shape index (κ2) is 5.58. The third-order valence-corrected chi connectivity index (χ3v) is 3.03. The van der Waals surface area contributed by atoms with Gasteiger partial charge in [0, 0.05) is 6.20 Å². The molecule has 104 valence electrons. The van der Waals surface area contributed by atoms with Crippen molar-refractivity contribution >= 4 is 17.2 Å². The quantitative estimate of drug-likeness (QED) is 0.736. The summed E-state index contributed by atoms with van der Waals surface area (Å²) in [5.41, 5.74) is 0.911. The van der Waals surface area contributed by atoms with E-state index in [1.807, 2.05) is 36.4 Å². The van der Waals surface area contributed by atoms with Crippen molar-refractivity contribution in [2.75, 3.05) is 0 Å². The molecule has 0 unspecified atom stereocenters. The zero-order valence-electron chi connectivity index (χ0n) is 11.1. The lowest BCUT2D eigenvalue weighted by molar-refractivity contribution is 0.472. The van der Waals surface area contributed by atoms with Crippen molar-refractivity contribution < 1.29 is 4.42 Å². The minimum atomic E-state index is -0.682. The van der Waals surface area contributed by atoms with E-state index in [1.54, 1.807) is 18.2 Å². The average Bonchev–Trinajstić information content (AvgIpc) is 2.51. The van der Waals surface area contributed by atoms with E-state index in [2.05, 4.69) is 4.98 Å². The largest absolute Gasteiger partial charge is 0.422 e. The number of aromatic nitrogens is 2. The molecule has 0 atom stereocenters. The van der Waals surface area contributed by atoms with Gasteiger partial charge in [0.15, 0.2) is 11.1 Å². The summed E-state index contributed by atoms with van der Waals surface area (Å²) in [6.07, 6.45) is 5.07. The summed E-state index contributed by atoms with van der Waals surface area (Å²) in [7, 11) is 0. The lowest BCUT2D eigenvalue weighted by atomic mass is 10.2. The Kier molecular flexibility index (Phi) is 3.47. The van der Waals surface area contributed by atoms with Crippen LogP contribution in [0.4, 0.5) is 0 Å². The molecule has 0 fully saturated rings. The van der Waals surface area contributed by atoms with Gasteiger partial charge in [-0.1, -0.05) is 42.5 Å². The zero-order chi connectivity index (χ0) is 14.7. The highest BCUT2D eigenvalue weighted by Crippen LogP contribution is 2.03. The van der Waals surface area contributed by atoms with Gasteiger partial charge in [-0.05, 0) is 17.7 Å². The first-order valence-corrected chi connectivity index (χ1v) is 6.46. The molecule has 2 heterocycles. The molecule has 5 nitrogen and oxygen atoms in total. The monoisotopic (exact) mass is 280 g/mol. The Morgan fingerprint density at radius 3 is 2.71 bits per heavy atom. The van der Waals surface area contributed by atoms with E-state index in [-0.39, 0.29) is 17.6 Å². The van der Waals surface area contributed by atoms with Gasteiger partial charge < -0.3 is 4.42 Å². The first kappa shape index (κ1) is 13.1. The maximum Gasteiger partial charge on any atom is 0.422 e. The number of allylic oxidation sites excluding steroid dienone is 1. The molecule has 3 aromatic rings. The third-order valence-electron chi connectivity index (χ3n) is 3.03. The van der Waals surface area contributed by atoms with Gasteiger partial charge in [0.1, 0.15) is 0 Å². The fourth-order valence-corrected chi connectivity index (χ4v) is 2.01. The lowest BCUT2D eigenvalue weighted by Crippen LogP contribution is -2.32. The summed E-state index contributed by atoms with van der Waals surface area (Å²) in [5, 5.41) is 0. The number of hydrogen-bond donors (Lipinski definition) is 0. The van der Waals surface area contributed by atoms with E-state index < -0.39 is 11.3 Å². The molecule has 0 amide bonds. The van der Waals surface area contributed by atoms with Gasteiger partial charge >= 0.3 is 5.76 Å². The molecule has 3 rings (SSSR count). The average molecular weight is 280 g/mol. The van der Waals surface area contributed by atoms with Gasteiger partial charge in [-0.15, -0.1) is 0 Å². The van der Waals surface area contributed by atoms with Crippen molar-refractivity contribution in [3.8, 4) is 0 Å². The van der Waals surface area contributed by atoms with Gasteiger partial charge in [-0.3, -0.25) is 4.79 Å². The third kappa shape index (κ3) is 2.67. The number of rotatable bonds is 3. The number of nitrogens with zero attached hydrogens (tertiary/aromatic N) is 2. The van der Waals surface area contributed by atoms with Crippen LogP contribution in [0.15, 0.2) is 68.7 Å². The fraction of sp³-hybridized carbons (Fsp3) is 0.0625. The molecule has 0 radical (unpaired) electrons. The fourth-order valence-electron chi connectivity index (χ4n) is 2.01. The highest BCUT2D eigenvalue weighted by molar-refractivity contribution is 5.69. The summed E-state index contributed by atoms with van der Waals surface area (Å²) in [6.45, 7) is 0.141. The first-order valence-electron chi connectivity index (χ1n) is 6.46. The summed E-state index contributed by atoms with van der Waals surface area (Å²) in [4.78, 5) is 28.0. The van der Waals surface area contributed by atoms with Crippen molar-refractivity contribution in [3.63, 3.8) is 0 Å². The second-order valence-corrected chi connectivity index (χ2v) is 4.45. The van der Waals surface area contributed by atoms with Crippen molar-refractivity contribution in [3.05, 3.63) is 81.2 Å². The summed E-state index contributed by atoms with van der Waals surface area (Å²) >= 11 is 0. The SMILES string of the molecule is O=c1oc2cccnc2c(=O)n1C/C=C/c1ccccc1. The molecule has 0 aliphatic heterocycles. The van der Waals surface area contributed by atoms with E-state index in [0.29, 0.717) is 0 Å². The second-order valence-electron chi connectivity index (χ2n) is 4.45. The van der Waals surface area contributed by atoms with Crippen LogP contribution in [0, 0.1) is 0 Å². The van der Waals surface area contributed by atoms with Gasteiger partial charge in [-0.2, -0.15) is 0 Å². The smallest absolute Gasteiger partial charge is 0.407 e. The van der Waals surface area contributed by atoms with E-state index >= 15 is 0 Å². The molecule has 5 heteroatoms. The molecule has 2 aromatic heterocycles. The van der Waals surface area contributed by atoms with Crippen LogP contribution >= 0.6 is 0 Å². The Morgan fingerprint density at radius 1 is 1.10 bits per heavy atom. The Morgan fingerprint density at radius 2 is 1.90 bits per heavy atom. The van der Waals surface area contributed by atoms with Crippen LogP contribution in [0.25, 0.3) is 17.2 Å². The van der Waals surface area contributed by atoms with E-state index in [1.165, 1.54) is 6.20 Å². The summed E-state index contributed by atoms with van der Waals surface area (Å²) in [6, 6.07) is 12.8. The Labute approximate surface area is 119 Å². The van der Waals surface area contributed by atoms with Crippen LogP contribution in [-0.2, 0) is 6.54 Å². The van der Waals surface area contributed by atoms with Crippen molar-refractivity contribution in [1.82, 2.24) is 9.55 Å².